The maximum atomic E-state index is 5.60. The molecule has 1 saturated heterocycles. The van der Waals surface area contributed by atoms with E-state index in [4.69, 9.17) is 4.74 Å². The van der Waals surface area contributed by atoms with Crippen LogP contribution >= 0.6 is 0 Å². The number of hydrogen-bond acceptors (Lipinski definition) is 5. The van der Waals surface area contributed by atoms with Crippen molar-refractivity contribution in [2.45, 2.75) is 46.1 Å². The van der Waals surface area contributed by atoms with Gasteiger partial charge in [0, 0.05) is 12.6 Å². The summed E-state index contributed by atoms with van der Waals surface area (Å²) in [7, 11) is 0. The van der Waals surface area contributed by atoms with E-state index in [1.165, 1.54) is 12.8 Å². The van der Waals surface area contributed by atoms with Crippen LogP contribution in [-0.4, -0.2) is 42.3 Å². The van der Waals surface area contributed by atoms with Crippen LogP contribution in [0.15, 0.2) is 12.4 Å². The third-order valence-corrected chi connectivity index (χ3v) is 3.83. The summed E-state index contributed by atoms with van der Waals surface area (Å²) < 4.78 is 5.60. The Balaban J connectivity index is 2.05. The Morgan fingerprint density at radius 2 is 2.29 bits per heavy atom. The van der Waals surface area contributed by atoms with Gasteiger partial charge in [0.15, 0.2) is 5.82 Å². The van der Waals surface area contributed by atoms with E-state index < -0.39 is 0 Å². The molecule has 1 aromatic rings. The molecule has 1 atom stereocenters. The molecule has 1 aliphatic heterocycles. The van der Waals surface area contributed by atoms with Gasteiger partial charge in [-0.05, 0) is 52.1 Å². The largest absolute Gasteiger partial charge is 0.477 e. The van der Waals surface area contributed by atoms with Crippen LogP contribution in [0.2, 0.25) is 0 Å². The second-order valence-electron chi connectivity index (χ2n) is 6.02. The lowest BCUT2D eigenvalue weighted by atomic mass is 9.98. The zero-order chi connectivity index (χ0) is 15.1. The smallest absolute Gasteiger partial charge is 0.234 e. The molecule has 0 saturated carbocycles. The molecule has 0 bridgehead atoms. The van der Waals surface area contributed by atoms with E-state index in [1.54, 1.807) is 6.20 Å². The molecule has 2 rings (SSSR count). The van der Waals surface area contributed by atoms with E-state index in [1.807, 2.05) is 6.20 Å². The van der Waals surface area contributed by atoms with Gasteiger partial charge >= 0.3 is 0 Å². The third-order valence-electron chi connectivity index (χ3n) is 3.83. The fourth-order valence-electron chi connectivity index (χ4n) is 2.68. The predicted octanol–water partition coefficient (Wildman–Crippen LogP) is 2.48. The molecule has 0 amide bonds. The molecular formula is C16H28N4O. The maximum absolute atomic E-state index is 5.60. The molecular weight excluding hydrogens is 264 g/mol. The predicted molar refractivity (Wildman–Crippen MR) is 85.9 cm³/mol. The van der Waals surface area contributed by atoms with Crippen molar-refractivity contribution in [2.75, 3.05) is 31.1 Å². The first-order valence-corrected chi connectivity index (χ1v) is 8.13. The number of aromatic nitrogens is 2. The number of hydrogen-bond donors (Lipinski definition) is 1. The number of piperidine rings is 1. The van der Waals surface area contributed by atoms with Gasteiger partial charge in [-0.2, -0.15) is 4.98 Å². The Morgan fingerprint density at radius 3 is 2.95 bits per heavy atom. The lowest BCUT2D eigenvalue weighted by Crippen LogP contribution is -2.41. The number of anilines is 1. The summed E-state index contributed by atoms with van der Waals surface area (Å²) in [6, 6.07) is 0.405. The molecule has 1 N–H and O–H groups in total. The van der Waals surface area contributed by atoms with Crippen LogP contribution in [0.4, 0.5) is 5.82 Å². The lowest BCUT2D eigenvalue weighted by molar-refractivity contribution is 0.303. The fraction of sp³-hybridized carbons (Fsp3) is 0.750. The van der Waals surface area contributed by atoms with Crippen molar-refractivity contribution < 1.29 is 4.74 Å². The molecule has 2 heterocycles. The van der Waals surface area contributed by atoms with Crippen LogP contribution in [0.5, 0.6) is 5.88 Å². The van der Waals surface area contributed by atoms with E-state index in [-0.39, 0.29) is 0 Å². The van der Waals surface area contributed by atoms with E-state index in [9.17, 15) is 0 Å². The molecule has 0 aromatic carbocycles. The monoisotopic (exact) mass is 292 g/mol. The number of ether oxygens (including phenoxy) is 1. The van der Waals surface area contributed by atoms with Crippen molar-refractivity contribution >= 4 is 5.82 Å². The van der Waals surface area contributed by atoms with Crippen molar-refractivity contribution in [1.29, 1.82) is 0 Å². The molecule has 118 valence electrons. The van der Waals surface area contributed by atoms with Gasteiger partial charge in [0.05, 0.1) is 19.0 Å². The van der Waals surface area contributed by atoms with Gasteiger partial charge in [-0.3, -0.25) is 4.98 Å². The van der Waals surface area contributed by atoms with Crippen molar-refractivity contribution in [3.05, 3.63) is 12.4 Å². The van der Waals surface area contributed by atoms with Crippen molar-refractivity contribution in [1.82, 2.24) is 15.3 Å². The average molecular weight is 292 g/mol. The zero-order valence-electron chi connectivity index (χ0n) is 13.5. The summed E-state index contributed by atoms with van der Waals surface area (Å²) in [5, 5.41) is 3.48. The average Bonchev–Trinajstić information content (AvgIpc) is 2.51. The summed E-state index contributed by atoms with van der Waals surface area (Å²) in [6.07, 6.45) is 7.07. The Labute approximate surface area is 128 Å². The van der Waals surface area contributed by atoms with Gasteiger partial charge < -0.3 is 15.0 Å². The van der Waals surface area contributed by atoms with Gasteiger partial charge in [0.1, 0.15) is 0 Å². The minimum atomic E-state index is 0.405. The van der Waals surface area contributed by atoms with Crippen LogP contribution in [-0.2, 0) is 0 Å². The van der Waals surface area contributed by atoms with E-state index in [2.05, 4.69) is 41.0 Å². The summed E-state index contributed by atoms with van der Waals surface area (Å²) >= 11 is 0. The summed E-state index contributed by atoms with van der Waals surface area (Å²) in [6.45, 7) is 10.5. The SMILES string of the molecule is CCCOc1cncc(N(CC2CCCNC2)C(C)C)n1. The van der Waals surface area contributed by atoms with Crippen molar-refractivity contribution in [3.63, 3.8) is 0 Å². The second kappa shape index (κ2) is 8.17. The minimum Gasteiger partial charge on any atom is -0.477 e. The standard InChI is InChI=1S/C16H28N4O/c1-4-8-21-16-11-18-10-15(19-16)20(13(2)3)12-14-6-5-7-17-9-14/h10-11,13-14,17H,4-9,12H2,1-3H3. The second-order valence-corrected chi connectivity index (χ2v) is 6.02. The van der Waals surface area contributed by atoms with E-state index >= 15 is 0 Å². The minimum absolute atomic E-state index is 0.405. The fourth-order valence-corrected chi connectivity index (χ4v) is 2.68. The van der Waals surface area contributed by atoms with Gasteiger partial charge in [0.25, 0.3) is 0 Å². The summed E-state index contributed by atoms with van der Waals surface area (Å²) in [4.78, 5) is 11.2. The Hall–Kier alpha value is -1.36. The maximum Gasteiger partial charge on any atom is 0.234 e. The van der Waals surface area contributed by atoms with Gasteiger partial charge in [0.2, 0.25) is 5.88 Å². The van der Waals surface area contributed by atoms with Crippen LogP contribution in [0.25, 0.3) is 0 Å². The molecule has 0 spiro atoms. The van der Waals surface area contributed by atoms with Crippen molar-refractivity contribution in [3.8, 4) is 5.88 Å². The van der Waals surface area contributed by atoms with Crippen molar-refractivity contribution in [2.24, 2.45) is 5.92 Å². The van der Waals surface area contributed by atoms with Crippen LogP contribution < -0.4 is 15.0 Å². The van der Waals surface area contributed by atoms with E-state index in [0.29, 0.717) is 24.4 Å². The molecule has 5 nitrogen and oxygen atoms in total. The first-order valence-electron chi connectivity index (χ1n) is 8.13. The highest BCUT2D eigenvalue weighted by atomic mass is 16.5. The topological polar surface area (TPSA) is 50.3 Å². The van der Waals surface area contributed by atoms with Crippen LogP contribution in [0.1, 0.15) is 40.0 Å². The highest BCUT2D eigenvalue weighted by Gasteiger charge is 2.20. The Bertz CT molecular complexity index is 418. The number of nitrogens with zero attached hydrogens (tertiary/aromatic N) is 3. The zero-order valence-corrected chi connectivity index (χ0v) is 13.5. The highest BCUT2D eigenvalue weighted by Crippen LogP contribution is 2.20. The number of rotatable bonds is 7. The molecule has 1 aromatic heterocycles. The quantitative estimate of drug-likeness (QED) is 0.836. The molecule has 0 radical (unpaired) electrons. The first kappa shape index (κ1) is 16.0. The Kier molecular flexibility index (Phi) is 6.23. The molecule has 1 fully saturated rings. The number of nitrogens with one attached hydrogen (secondary N) is 1. The summed E-state index contributed by atoms with van der Waals surface area (Å²) in [5.41, 5.74) is 0. The normalized spacial score (nSPS) is 18.8. The Morgan fingerprint density at radius 1 is 1.43 bits per heavy atom. The van der Waals surface area contributed by atoms with Crippen LogP contribution in [0, 0.1) is 5.92 Å². The molecule has 5 heteroatoms. The molecule has 0 aliphatic carbocycles. The van der Waals surface area contributed by atoms with Crippen LogP contribution in [0.3, 0.4) is 0 Å². The highest BCUT2D eigenvalue weighted by molar-refractivity contribution is 5.38. The van der Waals surface area contributed by atoms with Gasteiger partial charge in [-0.25, -0.2) is 0 Å². The van der Waals surface area contributed by atoms with Gasteiger partial charge in [-0.1, -0.05) is 6.92 Å². The van der Waals surface area contributed by atoms with E-state index in [0.717, 1.165) is 31.9 Å². The molecule has 1 aliphatic rings. The molecule has 21 heavy (non-hydrogen) atoms. The third kappa shape index (κ3) is 4.84. The summed E-state index contributed by atoms with van der Waals surface area (Å²) in [5.74, 6) is 2.23. The first-order chi connectivity index (χ1) is 10.2. The lowest BCUT2D eigenvalue weighted by Gasteiger charge is -2.33. The molecule has 1 unspecified atom stereocenters. The van der Waals surface area contributed by atoms with Gasteiger partial charge in [-0.15, -0.1) is 0 Å².